The SMILES string of the molecule is CCC1OC(=O)c2c1cc(C)c1cc(Br)oc21. The van der Waals surface area contributed by atoms with Gasteiger partial charge in [0.25, 0.3) is 0 Å². The van der Waals surface area contributed by atoms with Gasteiger partial charge in [0.05, 0.1) is 0 Å². The second kappa shape index (κ2) is 3.60. The van der Waals surface area contributed by atoms with E-state index in [4.69, 9.17) is 9.15 Å². The molecule has 0 aliphatic carbocycles. The van der Waals surface area contributed by atoms with E-state index in [1.165, 1.54) is 0 Å². The number of ether oxygens (including phenoxy) is 1. The first-order chi connectivity index (χ1) is 8.11. The zero-order valence-electron chi connectivity index (χ0n) is 9.54. The molecular formula is C13H11BrO3. The molecule has 4 heteroatoms. The van der Waals surface area contributed by atoms with E-state index < -0.39 is 0 Å². The summed E-state index contributed by atoms with van der Waals surface area (Å²) in [6, 6.07) is 3.91. The minimum Gasteiger partial charge on any atom is -0.454 e. The van der Waals surface area contributed by atoms with Crippen LogP contribution in [0.5, 0.6) is 0 Å². The highest BCUT2D eigenvalue weighted by atomic mass is 79.9. The predicted octanol–water partition coefficient (Wildman–Crippen LogP) is 4.13. The predicted molar refractivity (Wildman–Crippen MR) is 67.1 cm³/mol. The van der Waals surface area contributed by atoms with E-state index in [-0.39, 0.29) is 12.1 Å². The number of carbonyl (C=O) groups excluding carboxylic acids is 1. The van der Waals surface area contributed by atoms with Crippen LogP contribution < -0.4 is 0 Å². The highest BCUT2D eigenvalue weighted by Crippen LogP contribution is 2.40. The Morgan fingerprint density at radius 2 is 2.18 bits per heavy atom. The first-order valence-electron chi connectivity index (χ1n) is 5.55. The molecule has 0 radical (unpaired) electrons. The lowest BCUT2D eigenvalue weighted by atomic mass is 9.98. The molecule has 0 amide bonds. The first-order valence-corrected chi connectivity index (χ1v) is 6.34. The van der Waals surface area contributed by atoms with Crippen molar-refractivity contribution in [2.75, 3.05) is 0 Å². The third-order valence-corrected chi connectivity index (χ3v) is 3.58. The molecule has 1 unspecified atom stereocenters. The largest absolute Gasteiger partial charge is 0.454 e. The Balaban J connectivity index is 2.40. The van der Waals surface area contributed by atoms with Crippen LogP contribution in [0.2, 0.25) is 0 Å². The van der Waals surface area contributed by atoms with Gasteiger partial charge in [-0.15, -0.1) is 0 Å². The van der Waals surface area contributed by atoms with Gasteiger partial charge in [-0.25, -0.2) is 4.79 Å². The molecule has 88 valence electrons. The number of cyclic esters (lactones) is 1. The Labute approximate surface area is 107 Å². The monoisotopic (exact) mass is 294 g/mol. The molecule has 2 heterocycles. The molecule has 17 heavy (non-hydrogen) atoms. The zero-order chi connectivity index (χ0) is 12.2. The maximum Gasteiger partial charge on any atom is 0.343 e. The summed E-state index contributed by atoms with van der Waals surface area (Å²) < 4.78 is 11.5. The number of furan rings is 1. The summed E-state index contributed by atoms with van der Waals surface area (Å²) in [5.41, 5.74) is 3.27. The Morgan fingerprint density at radius 1 is 1.41 bits per heavy atom. The molecular weight excluding hydrogens is 284 g/mol. The van der Waals surface area contributed by atoms with Gasteiger partial charge in [0.1, 0.15) is 11.7 Å². The average molecular weight is 295 g/mol. The highest BCUT2D eigenvalue weighted by Gasteiger charge is 2.33. The molecule has 0 fully saturated rings. The number of benzene rings is 1. The number of esters is 1. The molecule has 0 spiro atoms. The molecule has 0 saturated carbocycles. The molecule has 1 aliphatic rings. The van der Waals surface area contributed by atoms with E-state index in [9.17, 15) is 4.79 Å². The Hall–Kier alpha value is -1.29. The Bertz CT molecular complexity index is 627. The van der Waals surface area contributed by atoms with E-state index in [1.54, 1.807) is 0 Å². The van der Waals surface area contributed by atoms with E-state index in [1.807, 2.05) is 26.0 Å². The van der Waals surface area contributed by atoms with Crippen molar-refractivity contribution in [3.8, 4) is 0 Å². The maximum absolute atomic E-state index is 11.9. The minimum absolute atomic E-state index is 0.135. The lowest BCUT2D eigenvalue weighted by Gasteiger charge is -2.07. The lowest BCUT2D eigenvalue weighted by molar-refractivity contribution is 0.0379. The minimum atomic E-state index is -0.279. The van der Waals surface area contributed by atoms with E-state index in [2.05, 4.69) is 15.9 Å². The Morgan fingerprint density at radius 3 is 2.88 bits per heavy atom. The first kappa shape index (κ1) is 10.8. The summed E-state index contributed by atoms with van der Waals surface area (Å²) >= 11 is 3.30. The highest BCUT2D eigenvalue weighted by molar-refractivity contribution is 9.10. The zero-order valence-corrected chi connectivity index (χ0v) is 11.1. The van der Waals surface area contributed by atoms with Gasteiger partial charge in [-0.3, -0.25) is 0 Å². The van der Waals surface area contributed by atoms with Crippen LogP contribution in [-0.2, 0) is 4.74 Å². The molecule has 3 rings (SSSR count). The van der Waals surface area contributed by atoms with Crippen molar-refractivity contribution in [2.45, 2.75) is 26.4 Å². The van der Waals surface area contributed by atoms with Crippen LogP contribution in [0.1, 0.15) is 40.9 Å². The lowest BCUT2D eigenvalue weighted by Crippen LogP contribution is -1.96. The third-order valence-electron chi connectivity index (χ3n) is 3.19. The summed E-state index contributed by atoms with van der Waals surface area (Å²) in [4.78, 5) is 11.9. The van der Waals surface area contributed by atoms with Crippen molar-refractivity contribution in [1.82, 2.24) is 0 Å². The molecule has 1 aromatic carbocycles. The van der Waals surface area contributed by atoms with Crippen molar-refractivity contribution >= 4 is 32.9 Å². The van der Waals surface area contributed by atoms with Gasteiger partial charge in [-0.2, -0.15) is 0 Å². The second-order valence-electron chi connectivity index (χ2n) is 4.25. The van der Waals surface area contributed by atoms with Crippen LogP contribution in [0.3, 0.4) is 0 Å². The quantitative estimate of drug-likeness (QED) is 0.743. The fourth-order valence-corrected chi connectivity index (χ4v) is 2.76. The number of hydrogen-bond donors (Lipinski definition) is 0. The molecule has 1 aliphatic heterocycles. The number of halogens is 1. The summed E-state index contributed by atoms with van der Waals surface area (Å²) in [6.45, 7) is 4.02. The van der Waals surface area contributed by atoms with Crippen molar-refractivity contribution in [2.24, 2.45) is 0 Å². The number of hydrogen-bond acceptors (Lipinski definition) is 3. The van der Waals surface area contributed by atoms with Gasteiger partial charge < -0.3 is 9.15 Å². The average Bonchev–Trinajstić information content (AvgIpc) is 2.80. The van der Waals surface area contributed by atoms with Crippen molar-refractivity contribution < 1.29 is 13.9 Å². The number of carbonyl (C=O) groups is 1. The fourth-order valence-electron chi connectivity index (χ4n) is 2.37. The molecule has 1 aromatic heterocycles. The van der Waals surface area contributed by atoms with E-state index in [0.717, 1.165) is 22.9 Å². The van der Waals surface area contributed by atoms with Gasteiger partial charge in [-0.05, 0) is 40.9 Å². The molecule has 2 aromatic rings. The van der Waals surface area contributed by atoms with Crippen LogP contribution in [0, 0.1) is 6.92 Å². The van der Waals surface area contributed by atoms with Gasteiger partial charge in [0.15, 0.2) is 10.3 Å². The topological polar surface area (TPSA) is 39.4 Å². The van der Waals surface area contributed by atoms with Crippen LogP contribution >= 0.6 is 15.9 Å². The third kappa shape index (κ3) is 1.43. The van der Waals surface area contributed by atoms with Crippen molar-refractivity contribution in [3.05, 3.63) is 33.5 Å². The number of aryl methyl sites for hydroxylation is 1. The summed E-state index contributed by atoms with van der Waals surface area (Å²) in [5.74, 6) is -0.279. The van der Waals surface area contributed by atoms with Crippen LogP contribution in [0.25, 0.3) is 11.0 Å². The smallest absolute Gasteiger partial charge is 0.343 e. The van der Waals surface area contributed by atoms with Gasteiger partial charge in [0, 0.05) is 10.9 Å². The standard InChI is InChI=1S/C13H11BrO3/c1-3-9-8-4-6(2)7-5-10(14)17-12(7)11(8)13(15)16-9/h4-5,9H,3H2,1-2H3. The number of fused-ring (bicyclic) bond motifs is 3. The molecule has 0 N–H and O–H groups in total. The van der Waals surface area contributed by atoms with Crippen molar-refractivity contribution in [3.63, 3.8) is 0 Å². The van der Waals surface area contributed by atoms with Gasteiger partial charge >= 0.3 is 5.97 Å². The van der Waals surface area contributed by atoms with Gasteiger partial charge in [-0.1, -0.05) is 13.0 Å². The Kier molecular flexibility index (Phi) is 2.30. The summed E-state index contributed by atoms with van der Waals surface area (Å²) in [6.07, 6.45) is 0.649. The fraction of sp³-hybridized carbons (Fsp3) is 0.308. The molecule has 0 saturated heterocycles. The van der Waals surface area contributed by atoms with E-state index in [0.29, 0.717) is 15.8 Å². The molecule has 0 bridgehead atoms. The van der Waals surface area contributed by atoms with E-state index >= 15 is 0 Å². The maximum atomic E-state index is 11.9. The second-order valence-corrected chi connectivity index (χ2v) is 5.03. The summed E-state index contributed by atoms with van der Waals surface area (Å²) in [7, 11) is 0. The number of rotatable bonds is 1. The normalized spacial score (nSPS) is 18.5. The molecule has 1 atom stereocenters. The van der Waals surface area contributed by atoms with Crippen LogP contribution in [0.4, 0.5) is 0 Å². The van der Waals surface area contributed by atoms with Crippen LogP contribution in [-0.4, -0.2) is 5.97 Å². The van der Waals surface area contributed by atoms with Crippen molar-refractivity contribution in [1.29, 1.82) is 0 Å². The van der Waals surface area contributed by atoms with Gasteiger partial charge in [0.2, 0.25) is 0 Å². The van der Waals surface area contributed by atoms with Crippen LogP contribution in [0.15, 0.2) is 21.2 Å². The molecule has 3 nitrogen and oxygen atoms in total. The summed E-state index contributed by atoms with van der Waals surface area (Å²) in [5, 5.41) is 0.962.